The van der Waals surface area contributed by atoms with Crippen LogP contribution < -0.4 is 5.32 Å². The fraction of sp³-hybridized carbons (Fsp3) is 0.269. The molecule has 1 atom stereocenters. The molecule has 0 bridgehead atoms. The molecular weight excluding hydrogens is 386 g/mol. The van der Waals surface area contributed by atoms with Gasteiger partial charge in [0.05, 0.1) is 0 Å². The summed E-state index contributed by atoms with van der Waals surface area (Å²) in [6.07, 6.45) is 5.04. The molecule has 5 heteroatoms. The third-order valence-corrected chi connectivity index (χ3v) is 5.12. The van der Waals surface area contributed by atoms with Crippen LogP contribution in [0.2, 0.25) is 0 Å². The maximum absolute atomic E-state index is 13.3. The predicted molar refractivity (Wildman–Crippen MR) is 122 cm³/mol. The van der Waals surface area contributed by atoms with E-state index in [-0.39, 0.29) is 11.8 Å². The van der Waals surface area contributed by atoms with E-state index in [4.69, 9.17) is 0 Å². The molecule has 0 saturated carbocycles. The Hall–Kier alpha value is -3.47. The quantitative estimate of drug-likeness (QED) is 0.541. The van der Waals surface area contributed by atoms with E-state index in [1.54, 1.807) is 17.3 Å². The molecule has 0 spiro atoms. The highest BCUT2D eigenvalue weighted by Crippen LogP contribution is 2.16. The Morgan fingerprint density at radius 3 is 2.16 bits per heavy atom. The van der Waals surface area contributed by atoms with Crippen LogP contribution in [0.4, 0.5) is 0 Å². The van der Waals surface area contributed by atoms with Crippen LogP contribution in [0.5, 0.6) is 0 Å². The van der Waals surface area contributed by atoms with E-state index in [1.165, 1.54) is 0 Å². The molecule has 0 fully saturated rings. The first kappa shape index (κ1) is 22.2. The number of rotatable bonds is 10. The van der Waals surface area contributed by atoms with Gasteiger partial charge >= 0.3 is 0 Å². The molecule has 160 valence electrons. The monoisotopic (exact) mass is 415 g/mol. The van der Waals surface area contributed by atoms with Crippen LogP contribution in [0.25, 0.3) is 0 Å². The highest BCUT2D eigenvalue weighted by Gasteiger charge is 2.29. The Bertz CT molecular complexity index is 946. The number of nitrogens with one attached hydrogen (secondary N) is 1. The van der Waals surface area contributed by atoms with Crippen molar-refractivity contribution in [2.75, 3.05) is 0 Å². The SMILES string of the molecule is CCCC(=O)N(Cc1ccccc1)[C@H](Cc1ccccc1)C(=O)NCc1cccnc1. The smallest absolute Gasteiger partial charge is 0.243 e. The minimum absolute atomic E-state index is 0.0104. The molecule has 0 saturated heterocycles. The standard InChI is InChI=1S/C26H29N3O2/c1-2-10-25(30)29(20-22-13-7-4-8-14-22)24(17-21-11-5-3-6-12-21)26(31)28-19-23-15-9-16-27-18-23/h3-9,11-16,18,24H,2,10,17,19-20H2,1H3,(H,28,31)/t24-/m1/s1. The summed E-state index contributed by atoms with van der Waals surface area (Å²) < 4.78 is 0. The van der Waals surface area contributed by atoms with Gasteiger partial charge in [0.1, 0.15) is 6.04 Å². The Morgan fingerprint density at radius 1 is 0.903 bits per heavy atom. The number of aromatic nitrogens is 1. The lowest BCUT2D eigenvalue weighted by Gasteiger charge is -2.31. The number of benzene rings is 2. The molecule has 0 aliphatic carbocycles. The summed E-state index contributed by atoms with van der Waals surface area (Å²) in [5, 5.41) is 3.01. The Balaban J connectivity index is 1.86. The van der Waals surface area contributed by atoms with Gasteiger partial charge in [-0.15, -0.1) is 0 Å². The van der Waals surface area contributed by atoms with Crippen molar-refractivity contribution >= 4 is 11.8 Å². The number of hydrogen-bond acceptors (Lipinski definition) is 3. The summed E-state index contributed by atoms with van der Waals surface area (Å²) in [6, 6.07) is 22.8. The van der Waals surface area contributed by atoms with Crippen molar-refractivity contribution in [2.24, 2.45) is 0 Å². The van der Waals surface area contributed by atoms with Crippen LogP contribution in [-0.2, 0) is 29.1 Å². The van der Waals surface area contributed by atoms with Crippen LogP contribution in [0.15, 0.2) is 85.2 Å². The molecule has 31 heavy (non-hydrogen) atoms. The summed E-state index contributed by atoms with van der Waals surface area (Å²) in [5.41, 5.74) is 2.94. The highest BCUT2D eigenvalue weighted by molar-refractivity contribution is 5.88. The second-order valence-corrected chi connectivity index (χ2v) is 7.54. The number of hydrogen-bond donors (Lipinski definition) is 1. The summed E-state index contributed by atoms with van der Waals surface area (Å²) in [6.45, 7) is 2.75. The van der Waals surface area contributed by atoms with Crippen LogP contribution in [0, 0.1) is 0 Å². The first-order chi connectivity index (χ1) is 15.2. The maximum atomic E-state index is 13.3. The Labute approximate surface area is 184 Å². The molecular formula is C26H29N3O2. The van der Waals surface area contributed by atoms with Crippen LogP contribution in [-0.4, -0.2) is 27.7 Å². The first-order valence-electron chi connectivity index (χ1n) is 10.7. The van der Waals surface area contributed by atoms with Crippen LogP contribution >= 0.6 is 0 Å². The molecule has 0 aliphatic heterocycles. The Morgan fingerprint density at radius 2 is 1.55 bits per heavy atom. The van der Waals surface area contributed by atoms with Crippen LogP contribution in [0.1, 0.15) is 36.5 Å². The Kier molecular flexibility index (Phi) is 8.35. The topological polar surface area (TPSA) is 62.3 Å². The molecule has 3 aromatic rings. The van der Waals surface area contributed by atoms with Crippen molar-refractivity contribution in [3.8, 4) is 0 Å². The molecule has 2 amide bonds. The third kappa shape index (κ3) is 6.78. The van der Waals surface area contributed by atoms with Gasteiger partial charge in [0.2, 0.25) is 11.8 Å². The molecule has 1 N–H and O–H groups in total. The van der Waals surface area contributed by atoms with Crippen molar-refractivity contribution in [2.45, 2.75) is 45.3 Å². The van der Waals surface area contributed by atoms with Gasteiger partial charge in [-0.2, -0.15) is 0 Å². The molecule has 5 nitrogen and oxygen atoms in total. The highest BCUT2D eigenvalue weighted by atomic mass is 16.2. The summed E-state index contributed by atoms with van der Waals surface area (Å²) >= 11 is 0. The zero-order valence-electron chi connectivity index (χ0n) is 17.9. The van der Waals surface area contributed by atoms with Crippen molar-refractivity contribution in [1.29, 1.82) is 0 Å². The molecule has 0 unspecified atom stereocenters. The van der Waals surface area contributed by atoms with Gasteiger partial charge in [-0.1, -0.05) is 73.7 Å². The minimum atomic E-state index is -0.599. The molecule has 0 aliphatic rings. The number of nitrogens with zero attached hydrogens (tertiary/aromatic N) is 2. The fourth-order valence-corrected chi connectivity index (χ4v) is 3.50. The molecule has 1 aromatic heterocycles. The van der Waals surface area contributed by atoms with Gasteiger partial charge < -0.3 is 10.2 Å². The number of amides is 2. The maximum Gasteiger partial charge on any atom is 0.243 e. The normalized spacial score (nSPS) is 11.5. The largest absolute Gasteiger partial charge is 0.350 e. The zero-order valence-corrected chi connectivity index (χ0v) is 17.9. The summed E-state index contributed by atoms with van der Waals surface area (Å²) in [5.74, 6) is -0.170. The van der Waals surface area contributed by atoms with Gasteiger partial charge in [-0.05, 0) is 29.2 Å². The summed E-state index contributed by atoms with van der Waals surface area (Å²) in [7, 11) is 0. The lowest BCUT2D eigenvalue weighted by molar-refractivity contribution is -0.141. The van der Waals surface area contributed by atoms with Crippen molar-refractivity contribution in [3.05, 3.63) is 102 Å². The minimum Gasteiger partial charge on any atom is -0.350 e. The fourth-order valence-electron chi connectivity index (χ4n) is 3.50. The van der Waals surface area contributed by atoms with E-state index in [0.29, 0.717) is 25.9 Å². The third-order valence-electron chi connectivity index (χ3n) is 5.12. The van der Waals surface area contributed by atoms with Gasteiger partial charge in [-0.25, -0.2) is 0 Å². The first-order valence-corrected chi connectivity index (χ1v) is 10.7. The van der Waals surface area contributed by atoms with Gasteiger partial charge in [0.15, 0.2) is 0 Å². The van der Waals surface area contributed by atoms with Gasteiger partial charge in [0.25, 0.3) is 0 Å². The zero-order chi connectivity index (χ0) is 21.9. The van der Waals surface area contributed by atoms with E-state index in [2.05, 4.69) is 10.3 Å². The van der Waals surface area contributed by atoms with Crippen molar-refractivity contribution in [1.82, 2.24) is 15.2 Å². The van der Waals surface area contributed by atoms with E-state index in [0.717, 1.165) is 23.1 Å². The van der Waals surface area contributed by atoms with Gasteiger partial charge in [0, 0.05) is 38.3 Å². The number of carbonyl (C=O) groups excluding carboxylic acids is 2. The second kappa shape index (κ2) is 11.6. The number of carbonyl (C=O) groups is 2. The van der Waals surface area contributed by atoms with E-state index < -0.39 is 6.04 Å². The van der Waals surface area contributed by atoms with E-state index >= 15 is 0 Å². The summed E-state index contributed by atoms with van der Waals surface area (Å²) in [4.78, 5) is 32.3. The molecule has 1 heterocycles. The van der Waals surface area contributed by atoms with Crippen molar-refractivity contribution in [3.63, 3.8) is 0 Å². The van der Waals surface area contributed by atoms with E-state index in [1.807, 2.05) is 79.7 Å². The van der Waals surface area contributed by atoms with Crippen LogP contribution in [0.3, 0.4) is 0 Å². The predicted octanol–water partition coefficient (Wildman–Crippen LogP) is 4.14. The van der Waals surface area contributed by atoms with Crippen molar-refractivity contribution < 1.29 is 9.59 Å². The van der Waals surface area contributed by atoms with E-state index in [9.17, 15) is 9.59 Å². The second-order valence-electron chi connectivity index (χ2n) is 7.54. The lowest BCUT2D eigenvalue weighted by atomic mass is 10.0. The molecule has 3 rings (SSSR count). The molecule has 2 aromatic carbocycles. The molecule has 0 radical (unpaired) electrons. The number of pyridine rings is 1. The average molecular weight is 416 g/mol. The van der Waals surface area contributed by atoms with Gasteiger partial charge in [-0.3, -0.25) is 14.6 Å². The lowest BCUT2D eigenvalue weighted by Crippen LogP contribution is -2.50. The average Bonchev–Trinajstić information content (AvgIpc) is 2.82.